The summed E-state index contributed by atoms with van der Waals surface area (Å²) in [5.41, 5.74) is 2.73. The van der Waals surface area contributed by atoms with Gasteiger partial charge in [-0.3, -0.25) is 9.69 Å². The maximum absolute atomic E-state index is 12.8. The van der Waals surface area contributed by atoms with E-state index in [1.165, 1.54) is 17.5 Å². The van der Waals surface area contributed by atoms with Crippen LogP contribution >= 0.6 is 0 Å². The van der Waals surface area contributed by atoms with Gasteiger partial charge in [0.15, 0.2) is 0 Å². The van der Waals surface area contributed by atoms with E-state index in [1.54, 1.807) is 0 Å². The van der Waals surface area contributed by atoms with Gasteiger partial charge in [-0.15, -0.1) is 0 Å². The van der Waals surface area contributed by atoms with E-state index in [9.17, 15) is 4.79 Å². The molecule has 1 saturated heterocycles. The van der Waals surface area contributed by atoms with Crippen molar-refractivity contribution in [2.24, 2.45) is 5.92 Å². The molecule has 1 aliphatic heterocycles. The average molecular weight is 330 g/mol. The minimum absolute atomic E-state index is 0.223. The predicted molar refractivity (Wildman–Crippen MR) is 95.8 cm³/mol. The van der Waals surface area contributed by atoms with Crippen LogP contribution in [0.5, 0.6) is 0 Å². The number of likely N-dealkylation sites (tertiary alicyclic amines) is 1. The van der Waals surface area contributed by atoms with Crippen LogP contribution in [-0.4, -0.2) is 54.1 Å². The van der Waals surface area contributed by atoms with E-state index in [4.69, 9.17) is 5.11 Å². The molecule has 24 heavy (non-hydrogen) atoms. The van der Waals surface area contributed by atoms with Crippen LogP contribution in [0.4, 0.5) is 0 Å². The number of aryl methyl sites for hydroxylation is 1. The zero-order valence-electron chi connectivity index (χ0n) is 14.8. The number of amides is 1. The van der Waals surface area contributed by atoms with Crippen LogP contribution in [0.15, 0.2) is 24.3 Å². The van der Waals surface area contributed by atoms with Gasteiger partial charge in [0.25, 0.3) is 0 Å². The first-order chi connectivity index (χ1) is 11.7. The van der Waals surface area contributed by atoms with Crippen molar-refractivity contribution in [3.8, 4) is 0 Å². The van der Waals surface area contributed by atoms with E-state index in [0.717, 1.165) is 45.2 Å². The van der Waals surface area contributed by atoms with Crippen molar-refractivity contribution in [3.05, 3.63) is 35.4 Å². The highest BCUT2D eigenvalue weighted by Gasteiger charge is 2.28. The smallest absolute Gasteiger partial charge is 0.237 e. The molecule has 4 nitrogen and oxygen atoms in total. The number of carbonyl (C=O) groups is 1. The zero-order valence-corrected chi connectivity index (χ0v) is 14.8. The monoisotopic (exact) mass is 330 g/mol. The number of benzene rings is 1. The summed E-state index contributed by atoms with van der Waals surface area (Å²) in [6.45, 7) is 2.71. The Balaban J connectivity index is 1.61. The molecule has 1 aliphatic carbocycles. The number of piperidine rings is 1. The molecule has 0 spiro atoms. The number of aliphatic hydroxyl groups is 1. The van der Waals surface area contributed by atoms with Crippen LogP contribution < -0.4 is 0 Å². The second-order valence-electron chi connectivity index (χ2n) is 7.37. The first kappa shape index (κ1) is 17.4. The van der Waals surface area contributed by atoms with Crippen molar-refractivity contribution < 1.29 is 9.90 Å². The molecule has 0 bridgehead atoms. The molecule has 1 amide bonds. The van der Waals surface area contributed by atoms with E-state index in [0.29, 0.717) is 12.5 Å². The Morgan fingerprint density at radius 3 is 2.96 bits per heavy atom. The lowest BCUT2D eigenvalue weighted by atomic mass is 9.87. The van der Waals surface area contributed by atoms with Gasteiger partial charge in [-0.05, 0) is 62.1 Å². The minimum Gasteiger partial charge on any atom is -0.396 e. The second kappa shape index (κ2) is 8.13. The Morgan fingerprint density at radius 1 is 1.29 bits per heavy atom. The fourth-order valence-electron chi connectivity index (χ4n) is 4.32. The number of fused-ring (bicyclic) bond motifs is 1. The van der Waals surface area contributed by atoms with Crippen molar-refractivity contribution in [3.63, 3.8) is 0 Å². The van der Waals surface area contributed by atoms with Gasteiger partial charge in [-0.1, -0.05) is 24.3 Å². The summed E-state index contributed by atoms with van der Waals surface area (Å²) in [6, 6.07) is 8.78. The van der Waals surface area contributed by atoms with Gasteiger partial charge in [-0.2, -0.15) is 0 Å². The summed E-state index contributed by atoms with van der Waals surface area (Å²) in [4.78, 5) is 17.1. The number of nitrogens with zero attached hydrogens (tertiary/aromatic N) is 2. The first-order valence-electron chi connectivity index (χ1n) is 9.35. The molecule has 0 saturated carbocycles. The second-order valence-corrected chi connectivity index (χ2v) is 7.37. The van der Waals surface area contributed by atoms with E-state index in [-0.39, 0.29) is 18.6 Å². The molecule has 1 heterocycles. The van der Waals surface area contributed by atoms with Crippen LogP contribution in [0.3, 0.4) is 0 Å². The summed E-state index contributed by atoms with van der Waals surface area (Å²) in [5.74, 6) is 0.763. The molecule has 0 radical (unpaired) electrons. The van der Waals surface area contributed by atoms with Gasteiger partial charge >= 0.3 is 0 Å². The molecule has 132 valence electrons. The Hall–Kier alpha value is -1.39. The molecule has 0 unspecified atom stereocenters. The third kappa shape index (κ3) is 3.98. The van der Waals surface area contributed by atoms with Crippen molar-refractivity contribution in [1.29, 1.82) is 0 Å². The Kier molecular flexibility index (Phi) is 5.90. The number of hydrogen-bond donors (Lipinski definition) is 1. The number of rotatable bonds is 5. The van der Waals surface area contributed by atoms with E-state index < -0.39 is 0 Å². The van der Waals surface area contributed by atoms with Crippen molar-refractivity contribution in [1.82, 2.24) is 9.80 Å². The maximum atomic E-state index is 12.8. The van der Waals surface area contributed by atoms with E-state index >= 15 is 0 Å². The first-order valence-corrected chi connectivity index (χ1v) is 9.35. The number of likely N-dealkylation sites (N-methyl/N-ethyl adjacent to an activating group) is 1. The molecular weight excluding hydrogens is 300 g/mol. The number of aliphatic hydroxyl groups excluding tert-OH is 1. The quantitative estimate of drug-likeness (QED) is 0.902. The minimum atomic E-state index is 0.223. The summed E-state index contributed by atoms with van der Waals surface area (Å²) in [6.07, 6.45) is 6.51. The SMILES string of the molecule is CN(C(=O)CN1CCC[C@@H](CCO)C1)[C@@H]1CCCc2ccccc21. The molecular formula is C20H30N2O2. The predicted octanol–water partition coefficient (Wildman–Crippen LogP) is 2.62. The molecule has 1 aromatic carbocycles. The van der Waals surface area contributed by atoms with Gasteiger partial charge < -0.3 is 10.0 Å². The third-order valence-corrected chi connectivity index (χ3v) is 5.70. The summed E-state index contributed by atoms with van der Waals surface area (Å²) in [5, 5.41) is 9.14. The van der Waals surface area contributed by atoms with Crippen LogP contribution in [0.25, 0.3) is 0 Å². The van der Waals surface area contributed by atoms with Crippen molar-refractivity contribution in [2.75, 3.05) is 33.3 Å². The van der Waals surface area contributed by atoms with Gasteiger partial charge in [0.05, 0.1) is 12.6 Å². The molecule has 1 fully saturated rings. The van der Waals surface area contributed by atoms with E-state index in [1.807, 2.05) is 11.9 Å². The van der Waals surface area contributed by atoms with Gasteiger partial charge in [0.2, 0.25) is 5.91 Å². The zero-order chi connectivity index (χ0) is 16.9. The molecule has 4 heteroatoms. The highest BCUT2D eigenvalue weighted by molar-refractivity contribution is 5.78. The van der Waals surface area contributed by atoms with Gasteiger partial charge in [0.1, 0.15) is 0 Å². The lowest BCUT2D eigenvalue weighted by molar-refractivity contribution is -0.134. The standard InChI is InChI=1S/C20H30N2O2/c1-21(19-10-4-8-17-7-2-3-9-18(17)19)20(24)15-22-12-5-6-16(14-22)11-13-23/h2-3,7,9,16,19,23H,4-6,8,10-15H2,1H3/t16-,19+/m0/s1. The lowest BCUT2D eigenvalue weighted by Gasteiger charge is -2.36. The number of hydrogen-bond acceptors (Lipinski definition) is 3. The molecule has 1 aromatic rings. The van der Waals surface area contributed by atoms with Crippen LogP contribution in [0, 0.1) is 5.92 Å². The summed E-state index contributed by atoms with van der Waals surface area (Å²) < 4.78 is 0. The fraction of sp³-hybridized carbons (Fsp3) is 0.650. The largest absolute Gasteiger partial charge is 0.396 e. The topological polar surface area (TPSA) is 43.8 Å². The molecule has 2 atom stereocenters. The Morgan fingerprint density at radius 2 is 2.12 bits per heavy atom. The molecule has 0 aromatic heterocycles. The Labute approximate surface area is 145 Å². The van der Waals surface area contributed by atoms with Gasteiger partial charge in [0, 0.05) is 20.2 Å². The lowest BCUT2D eigenvalue weighted by Crippen LogP contribution is -2.44. The van der Waals surface area contributed by atoms with Crippen molar-refractivity contribution in [2.45, 2.75) is 44.6 Å². The maximum Gasteiger partial charge on any atom is 0.237 e. The molecule has 2 aliphatic rings. The summed E-state index contributed by atoms with van der Waals surface area (Å²) in [7, 11) is 1.96. The molecule has 1 N–H and O–H groups in total. The van der Waals surface area contributed by atoms with Crippen LogP contribution in [0.1, 0.15) is 49.3 Å². The third-order valence-electron chi connectivity index (χ3n) is 5.70. The van der Waals surface area contributed by atoms with E-state index in [2.05, 4.69) is 29.2 Å². The fourth-order valence-corrected chi connectivity index (χ4v) is 4.32. The molecule has 3 rings (SSSR count). The Bertz CT molecular complexity index is 558. The van der Waals surface area contributed by atoms with Crippen LogP contribution in [0.2, 0.25) is 0 Å². The van der Waals surface area contributed by atoms with Crippen molar-refractivity contribution >= 4 is 5.91 Å². The average Bonchev–Trinajstić information content (AvgIpc) is 2.61. The normalized spacial score (nSPS) is 24.4. The van der Waals surface area contributed by atoms with Crippen LogP contribution in [-0.2, 0) is 11.2 Å². The highest BCUT2D eigenvalue weighted by Crippen LogP contribution is 2.33. The highest BCUT2D eigenvalue weighted by atomic mass is 16.3. The number of carbonyl (C=O) groups excluding carboxylic acids is 1. The summed E-state index contributed by atoms with van der Waals surface area (Å²) >= 11 is 0. The van der Waals surface area contributed by atoms with Gasteiger partial charge in [-0.25, -0.2) is 0 Å².